The number of para-hydroxylation sites is 2. The molecule has 1 aromatic carbocycles. The highest BCUT2D eigenvalue weighted by molar-refractivity contribution is 9.09. The molecule has 3 nitrogen and oxygen atoms in total. The molecule has 88 valence electrons. The van der Waals surface area contributed by atoms with Gasteiger partial charge in [0, 0.05) is 17.8 Å². The molecule has 0 aliphatic heterocycles. The molecule has 0 atom stereocenters. The molecule has 0 bridgehead atoms. The largest absolute Gasteiger partial charge is 0.381 e. The molecule has 0 saturated carbocycles. The first kappa shape index (κ1) is 13.0. The van der Waals surface area contributed by atoms with E-state index < -0.39 is 0 Å². The van der Waals surface area contributed by atoms with Crippen molar-refractivity contribution in [1.82, 2.24) is 0 Å². The quantitative estimate of drug-likeness (QED) is 0.815. The zero-order valence-electron chi connectivity index (χ0n) is 9.59. The maximum absolute atomic E-state index is 11.5. The van der Waals surface area contributed by atoms with Crippen LogP contribution in [0.3, 0.4) is 0 Å². The summed E-state index contributed by atoms with van der Waals surface area (Å²) < 4.78 is 0. The van der Waals surface area contributed by atoms with Crippen LogP contribution in [0.15, 0.2) is 24.3 Å². The van der Waals surface area contributed by atoms with Crippen LogP contribution < -0.4 is 10.6 Å². The molecule has 1 rings (SSSR count). The molecule has 0 unspecified atom stereocenters. The lowest BCUT2D eigenvalue weighted by molar-refractivity contribution is -0.115. The molecule has 2 N–H and O–H groups in total. The molecule has 0 fully saturated rings. The Hall–Kier alpha value is -1.03. The van der Waals surface area contributed by atoms with Crippen molar-refractivity contribution in [3.8, 4) is 0 Å². The van der Waals surface area contributed by atoms with Crippen LogP contribution in [-0.2, 0) is 4.79 Å². The van der Waals surface area contributed by atoms with Crippen LogP contribution in [-0.4, -0.2) is 17.3 Å². The highest BCUT2D eigenvalue weighted by Gasteiger charge is 2.06. The van der Waals surface area contributed by atoms with E-state index >= 15 is 0 Å². The van der Waals surface area contributed by atoms with Crippen LogP contribution in [0.25, 0.3) is 0 Å². The number of rotatable bonds is 5. The summed E-state index contributed by atoms with van der Waals surface area (Å²) >= 11 is 3.25. The second-order valence-electron chi connectivity index (χ2n) is 3.83. The van der Waals surface area contributed by atoms with Crippen molar-refractivity contribution in [3.05, 3.63) is 24.3 Å². The van der Waals surface area contributed by atoms with Crippen LogP contribution in [0.4, 0.5) is 11.4 Å². The van der Waals surface area contributed by atoms with Crippen molar-refractivity contribution in [2.45, 2.75) is 26.3 Å². The lowest BCUT2D eigenvalue weighted by Crippen LogP contribution is -2.16. The molecule has 1 aromatic rings. The maximum atomic E-state index is 11.5. The van der Waals surface area contributed by atoms with Crippen LogP contribution in [0.2, 0.25) is 0 Å². The Bertz CT molecular complexity index is 353. The normalized spacial score (nSPS) is 10.2. The fraction of sp³-hybridized carbons (Fsp3) is 0.417. The number of alkyl halides is 1. The second kappa shape index (κ2) is 6.53. The number of benzene rings is 1. The molecule has 4 heteroatoms. The molecule has 0 aliphatic rings. The Balaban J connectivity index is 2.74. The Morgan fingerprint density at radius 1 is 1.31 bits per heavy atom. The maximum Gasteiger partial charge on any atom is 0.225 e. The third-order valence-electron chi connectivity index (χ3n) is 1.97. The van der Waals surface area contributed by atoms with Gasteiger partial charge in [0.2, 0.25) is 5.91 Å². The molecular formula is C12H17BrN2O. The van der Waals surface area contributed by atoms with E-state index in [1.807, 2.05) is 24.3 Å². The van der Waals surface area contributed by atoms with E-state index in [-0.39, 0.29) is 5.91 Å². The van der Waals surface area contributed by atoms with E-state index in [2.05, 4.69) is 40.4 Å². The minimum atomic E-state index is 0.0230. The molecule has 16 heavy (non-hydrogen) atoms. The summed E-state index contributed by atoms with van der Waals surface area (Å²) in [5.74, 6) is 0.0230. The van der Waals surface area contributed by atoms with Gasteiger partial charge in [0.25, 0.3) is 0 Å². The van der Waals surface area contributed by atoms with Crippen LogP contribution in [0.1, 0.15) is 20.3 Å². The molecule has 0 heterocycles. The van der Waals surface area contributed by atoms with Gasteiger partial charge in [0.1, 0.15) is 0 Å². The average molecular weight is 285 g/mol. The summed E-state index contributed by atoms with van der Waals surface area (Å²) in [6.07, 6.45) is 0.482. The molecule has 0 radical (unpaired) electrons. The Labute approximate surface area is 105 Å². The number of carbonyl (C=O) groups is 1. The van der Waals surface area contributed by atoms with Gasteiger partial charge in [-0.1, -0.05) is 28.1 Å². The van der Waals surface area contributed by atoms with E-state index in [4.69, 9.17) is 0 Å². The van der Waals surface area contributed by atoms with Gasteiger partial charge in [0.15, 0.2) is 0 Å². The number of nitrogens with one attached hydrogen (secondary N) is 2. The lowest BCUT2D eigenvalue weighted by atomic mass is 10.2. The molecular weight excluding hydrogens is 268 g/mol. The Morgan fingerprint density at radius 3 is 2.50 bits per heavy atom. The SMILES string of the molecule is CC(C)Nc1ccccc1NC(=O)CCBr. The van der Waals surface area contributed by atoms with Gasteiger partial charge in [-0.15, -0.1) is 0 Å². The smallest absolute Gasteiger partial charge is 0.225 e. The number of hydrogen-bond acceptors (Lipinski definition) is 2. The molecule has 0 saturated heterocycles. The number of amides is 1. The van der Waals surface area contributed by atoms with E-state index in [1.54, 1.807) is 0 Å². The summed E-state index contributed by atoms with van der Waals surface area (Å²) in [5.41, 5.74) is 1.79. The van der Waals surface area contributed by atoms with Crippen LogP contribution >= 0.6 is 15.9 Å². The molecule has 0 aromatic heterocycles. The van der Waals surface area contributed by atoms with E-state index in [0.717, 1.165) is 11.4 Å². The Morgan fingerprint density at radius 2 is 1.94 bits per heavy atom. The molecule has 0 spiro atoms. The first-order valence-electron chi connectivity index (χ1n) is 5.35. The fourth-order valence-electron chi connectivity index (χ4n) is 1.33. The minimum Gasteiger partial charge on any atom is -0.381 e. The van der Waals surface area contributed by atoms with Crippen molar-refractivity contribution < 1.29 is 4.79 Å². The van der Waals surface area contributed by atoms with Gasteiger partial charge in [-0.25, -0.2) is 0 Å². The number of halogens is 1. The van der Waals surface area contributed by atoms with Crippen molar-refractivity contribution in [2.24, 2.45) is 0 Å². The zero-order valence-corrected chi connectivity index (χ0v) is 11.2. The van der Waals surface area contributed by atoms with Crippen molar-refractivity contribution in [2.75, 3.05) is 16.0 Å². The summed E-state index contributed by atoms with van der Waals surface area (Å²) in [5, 5.41) is 6.86. The molecule has 1 amide bonds. The lowest BCUT2D eigenvalue weighted by Gasteiger charge is -2.15. The second-order valence-corrected chi connectivity index (χ2v) is 4.62. The van der Waals surface area contributed by atoms with Gasteiger partial charge in [-0.2, -0.15) is 0 Å². The Kier molecular flexibility index (Phi) is 5.32. The van der Waals surface area contributed by atoms with E-state index in [0.29, 0.717) is 17.8 Å². The van der Waals surface area contributed by atoms with Crippen molar-refractivity contribution in [3.63, 3.8) is 0 Å². The predicted octanol–water partition coefficient (Wildman–Crippen LogP) is 3.23. The monoisotopic (exact) mass is 284 g/mol. The zero-order chi connectivity index (χ0) is 12.0. The number of anilines is 2. The highest BCUT2D eigenvalue weighted by Crippen LogP contribution is 2.21. The van der Waals surface area contributed by atoms with E-state index in [1.165, 1.54) is 0 Å². The van der Waals surface area contributed by atoms with E-state index in [9.17, 15) is 4.79 Å². The topological polar surface area (TPSA) is 41.1 Å². The predicted molar refractivity (Wildman–Crippen MR) is 72.2 cm³/mol. The highest BCUT2D eigenvalue weighted by atomic mass is 79.9. The number of carbonyl (C=O) groups excluding carboxylic acids is 1. The molecule has 0 aliphatic carbocycles. The third-order valence-corrected chi connectivity index (χ3v) is 2.36. The first-order valence-corrected chi connectivity index (χ1v) is 6.47. The minimum absolute atomic E-state index is 0.0230. The third kappa shape index (κ3) is 4.23. The van der Waals surface area contributed by atoms with Crippen LogP contribution in [0.5, 0.6) is 0 Å². The van der Waals surface area contributed by atoms with Gasteiger partial charge in [-0.05, 0) is 26.0 Å². The van der Waals surface area contributed by atoms with Gasteiger partial charge in [0.05, 0.1) is 11.4 Å². The van der Waals surface area contributed by atoms with Gasteiger partial charge >= 0.3 is 0 Å². The van der Waals surface area contributed by atoms with Gasteiger partial charge < -0.3 is 10.6 Å². The number of hydrogen-bond donors (Lipinski definition) is 2. The fourth-order valence-corrected chi connectivity index (χ4v) is 1.69. The van der Waals surface area contributed by atoms with Crippen molar-refractivity contribution >= 4 is 33.2 Å². The summed E-state index contributed by atoms with van der Waals surface area (Å²) in [6, 6.07) is 8.06. The standard InChI is InChI=1S/C12H17BrN2O/c1-9(2)14-10-5-3-4-6-11(10)15-12(16)7-8-13/h3-6,9,14H,7-8H2,1-2H3,(H,15,16). The summed E-state index contributed by atoms with van der Waals surface area (Å²) in [4.78, 5) is 11.5. The summed E-state index contributed by atoms with van der Waals surface area (Å²) in [7, 11) is 0. The summed E-state index contributed by atoms with van der Waals surface area (Å²) in [6.45, 7) is 4.13. The first-order chi connectivity index (χ1) is 7.63. The van der Waals surface area contributed by atoms with Crippen molar-refractivity contribution in [1.29, 1.82) is 0 Å². The average Bonchev–Trinajstić information content (AvgIpc) is 2.20. The van der Waals surface area contributed by atoms with Crippen LogP contribution in [0, 0.1) is 0 Å². The van der Waals surface area contributed by atoms with Gasteiger partial charge in [-0.3, -0.25) is 4.79 Å².